The Morgan fingerprint density at radius 2 is 1.94 bits per heavy atom. The molecule has 2 nitrogen and oxygen atoms in total. The Morgan fingerprint density at radius 1 is 1.22 bits per heavy atom. The first kappa shape index (κ1) is 13.6. The number of halogens is 3. The highest BCUT2D eigenvalue weighted by Crippen LogP contribution is 2.29. The van der Waals surface area contributed by atoms with E-state index in [1.54, 1.807) is 6.07 Å². The van der Waals surface area contributed by atoms with Gasteiger partial charge in [-0.1, -0.05) is 22.9 Å². The third kappa shape index (κ3) is 2.62. The largest absolute Gasteiger partial charge is 0.233 e. The Kier molecular flexibility index (Phi) is 4.12. The van der Waals surface area contributed by atoms with Crippen LogP contribution in [0.5, 0.6) is 0 Å². The van der Waals surface area contributed by atoms with Crippen molar-refractivity contribution >= 4 is 31.9 Å². The van der Waals surface area contributed by atoms with Gasteiger partial charge in [0.25, 0.3) is 0 Å². The lowest BCUT2D eigenvalue weighted by atomic mass is 10.1. The minimum atomic E-state index is -0.301. The topological polar surface area (TPSA) is 25.8 Å². The standard InChI is InChI=1S/C13H11Br2FN2/c1-3-9-7(2)17-13(18-12(9)15)10-6-8(16)4-5-11(10)14/h4-6H,3H2,1-2H3. The molecule has 1 heterocycles. The van der Waals surface area contributed by atoms with Crippen LogP contribution in [-0.2, 0) is 6.42 Å². The van der Waals surface area contributed by atoms with E-state index in [-0.39, 0.29) is 5.82 Å². The van der Waals surface area contributed by atoms with Gasteiger partial charge in [0.15, 0.2) is 5.82 Å². The summed E-state index contributed by atoms with van der Waals surface area (Å²) in [7, 11) is 0. The van der Waals surface area contributed by atoms with E-state index in [9.17, 15) is 4.39 Å². The molecule has 0 bridgehead atoms. The molecule has 0 atom stereocenters. The van der Waals surface area contributed by atoms with Gasteiger partial charge in [0.05, 0.1) is 0 Å². The third-order valence-electron chi connectivity index (χ3n) is 2.69. The highest BCUT2D eigenvalue weighted by molar-refractivity contribution is 9.10. The molecule has 0 N–H and O–H groups in total. The average molecular weight is 374 g/mol. The van der Waals surface area contributed by atoms with Crippen molar-refractivity contribution in [2.24, 2.45) is 0 Å². The van der Waals surface area contributed by atoms with Crippen molar-refractivity contribution in [1.82, 2.24) is 9.97 Å². The number of aromatic nitrogens is 2. The van der Waals surface area contributed by atoms with Crippen LogP contribution in [0.1, 0.15) is 18.2 Å². The van der Waals surface area contributed by atoms with E-state index < -0.39 is 0 Å². The highest BCUT2D eigenvalue weighted by Gasteiger charge is 2.12. The molecule has 0 amide bonds. The predicted octanol–water partition coefficient (Wildman–Crippen LogP) is 4.68. The average Bonchev–Trinajstić information content (AvgIpc) is 2.32. The van der Waals surface area contributed by atoms with E-state index in [0.717, 1.165) is 26.8 Å². The van der Waals surface area contributed by atoms with Crippen molar-refractivity contribution in [2.75, 3.05) is 0 Å². The number of nitrogens with zero attached hydrogens (tertiary/aromatic N) is 2. The quantitative estimate of drug-likeness (QED) is 0.714. The molecule has 1 aromatic heterocycles. The van der Waals surface area contributed by atoms with Gasteiger partial charge in [0, 0.05) is 21.3 Å². The maximum Gasteiger partial charge on any atom is 0.161 e. The Bertz CT molecular complexity index is 577. The second kappa shape index (κ2) is 5.45. The fourth-order valence-corrected chi connectivity index (χ4v) is 2.91. The van der Waals surface area contributed by atoms with Crippen LogP contribution in [0, 0.1) is 12.7 Å². The molecule has 1 aromatic carbocycles. The van der Waals surface area contributed by atoms with Gasteiger partial charge in [-0.15, -0.1) is 0 Å². The summed E-state index contributed by atoms with van der Waals surface area (Å²) in [4.78, 5) is 8.83. The van der Waals surface area contributed by atoms with Gasteiger partial charge in [-0.3, -0.25) is 0 Å². The van der Waals surface area contributed by atoms with Crippen molar-refractivity contribution in [3.63, 3.8) is 0 Å². The first-order valence-electron chi connectivity index (χ1n) is 5.51. The monoisotopic (exact) mass is 372 g/mol. The van der Waals surface area contributed by atoms with Crippen molar-refractivity contribution in [3.05, 3.63) is 44.3 Å². The molecule has 0 fully saturated rings. The molecule has 0 unspecified atom stereocenters. The zero-order chi connectivity index (χ0) is 13.3. The van der Waals surface area contributed by atoms with Crippen LogP contribution in [0.4, 0.5) is 4.39 Å². The van der Waals surface area contributed by atoms with Crippen LogP contribution in [0.15, 0.2) is 27.3 Å². The van der Waals surface area contributed by atoms with Crippen LogP contribution in [0.2, 0.25) is 0 Å². The lowest BCUT2D eigenvalue weighted by Crippen LogP contribution is -2.00. The van der Waals surface area contributed by atoms with Crippen LogP contribution in [0.3, 0.4) is 0 Å². The van der Waals surface area contributed by atoms with E-state index in [0.29, 0.717) is 11.4 Å². The molecule has 0 aliphatic heterocycles. The zero-order valence-electron chi connectivity index (χ0n) is 9.97. The maximum absolute atomic E-state index is 13.3. The molecule has 0 spiro atoms. The van der Waals surface area contributed by atoms with Gasteiger partial charge >= 0.3 is 0 Å². The summed E-state index contributed by atoms with van der Waals surface area (Å²) in [6.07, 6.45) is 0.858. The van der Waals surface area contributed by atoms with Gasteiger partial charge in [-0.05, 0) is 47.5 Å². The van der Waals surface area contributed by atoms with Gasteiger partial charge in [0.2, 0.25) is 0 Å². The minimum absolute atomic E-state index is 0.301. The summed E-state index contributed by atoms with van der Waals surface area (Å²) in [5.74, 6) is 0.216. The molecule has 18 heavy (non-hydrogen) atoms. The molecule has 0 aliphatic carbocycles. The van der Waals surface area contributed by atoms with Crippen molar-refractivity contribution < 1.29 is 4.39 Å². The molecule has 0 saturated carbocycles. The summed E-state index contributed by atoms with van der Waals surface area (Å²) in [6, 6.07) is 4.48. The van der Waals surface area contributed by atoms with Crippen molar-refractivity contribution in [1.29, 1.82) is 0 Å². The van der Waals surface area contributed by atoms with Crippen LogP contribution < -0.4 is 0 Å². The summed E-state index contributed by atoms with van der Waals surface area (Å²) in [6.45, 7) is 3.98. The first-order chi connectivity index (χ1) is 8.52. The zero-order valence-corrected chi connectivity index (χ0v) is 13.1. The molecule has 2 rings (SSSR count). The van der Waals surface area contributed by atoms with Crippen LogP contribution in [-0.4, -0.2) is 9.97 Å². The summed E-state index contributed by atoms with van der Waals surface area (Å²) >= 11 is 6.83. The fourth-order valence-electron chi connectivity index (χ4n) is 1.75. The van der Waals surface area contributed by atoms with E-state index in [2.05, 4.69) is 41.8 Å². The van der Waals surface area contributed by atoms with Gasteiger partial charge in [-0.25, -0.2) is 14.4 Å². The lowest BCUT2D eigenvalue weighted by molar-refractivity contribution is 0.628. The Balaban J connectivity index is 2.61. The number of hydrogen-bond donors (Lipinski definition) is 0. The highest BCUT2D eigenvalue weighted by atomic mass is 79.9. The van der Waals surface area contributed by atoms with E-state index in [1.165, 1.54) is 12.1 Å². The molecule has 0 aliphatic rings. The first-order valence-corrected chi connectivity index (χ1v) is 7.10. The molecular weight excluding hydrogens is 363 g/mol. The second-order valence-electron chi connectivity index (χ2n) is 3.88. The Morgan fingerprint density at radius 3 is 2.56 bits per heavy atom. The van der Waals surface area contributed by atoms with Crippen LogP contribution in [0.25, 0.3) is 11.4 Å². The summed E-state index contributed by atoms with van der Waals surface area (Å²) in [5.41, 5.74) is 2.64. The molecule has 0 saturated heterocycles. The normalized spacial score (nSPS) is 10.7. The minimum Gasteiger partial charge on any atom is -0.233 e. The van der Waals surface area contributed by atoms with E-state index >= 15 is 0 Å². The smallest absolute Gasteiger partial charge is 0.161 e. The molecular formula is C13H11Br2FN2. The predicted molar refractivity (Wildman–Crippen MR) is 76.9 cm³/mol. The third-order valence-corrected chi connectivity index (χ3v) is 4.03. The van der Waals surface area contributed by atoms with Crippen molar-refractivity contribution in [3.8, 4) is 11.4 Å². The lowest BCUT2D eigenvalue weighted by Gasteiger charge is -2.09. The molecule has 94 valence electrons. The van der Waals surface area contributed by atoms with Crippen molar-refractivity contribution in [2.45, 2.75) is 20.3 Å². The van der Waals surface area contributed by atoms with Gasteiger partial charge in [-0.2, -0.15) is 0 Å². The van der Waals surface area contributed by atoms with Gasteiger partial charge in [0.1, 0.15) is 10.4 Å². The summed E-state index contributed by atoms with van der Waals surface area (Å²) in [5, 5.41) is 0. The molecule has 5 heteroatoms. The van der Waals surface area contributed by atoms with Crippen LogP contribution >= 0.6 is 31.9 Å². The Labute approximate surface area is 122 Å². The fraction of sp³-hybridized carbons (Fsp3) is 0.231. The number of rotatable bonds is 2. The number of aryl methyl sites for hydroxylation is 1. The second-order valence-corrected chi connectivity index (χ2v) is 5.49. The number of hydrogen-bond acceptors (Lipinski definition) is 2. The molecule has 2 aromatic rings. The Hall–Kier alpha value is -0.810. The van der Waals surface area contributed by atoms with E-state index in [4.69, 9.17) is 0 Å². The van der Waals surface area contributed by atoms with E-state index in [1.807, 2.05) is 13.8 Å². The SMILES string of the molecule is CCc1c(C)nc(-c2cc(F)ccc2Br)nc1Br. The molecule has 0 radical (unpaired) electrons. The maximum atomic E-state index is 13.3. The van der Waals surface area contributed by atoms with Gasteiger partial charge < -0.3 is 0 Å². The summed E-state index contributed by atoms with van der Waals surface area (Å²) < 4.78 is 14.8. The number of benzene rings is 1.